The minimum atomic E-state index is -0.853. The molecule has 0 spiro atoms. The SMILES string of the molecule is CCC[C@@H](Nc1nc(Nc2ccnc(-c3ccc(OC)cc3F)c2)c(C(N)=O)cc1F)[C@H](C)N. The lowest BCUT2D eigenvalue weighted by Gasteiger charge is -2.23. The van der Waals surface area contributed by atoms with Crippen LogP contribution in [0.1, 0.15) is 37.0 Å². The Morgan fingerprint density at radius 3 is 2.53 bits per heavy atom. The number of hydrogen-bond acceptors (Lipinski definition) is 7. The van der Waals surface area contributed by atoms with Crippen LogP contribution in [0.25, 0.3) is 11.3 Å². The van der Waals surface area contributed by atoms with Crippen molar-refractivity contribution in [3.05, 3.63) is 59.8 Å². The number of primary amides is 1. The summed E-state index contributed by atoms with van der Waals surface area (Å²) in [6, 6.07) is 8.17. The minimum absolute atomic E-state index is 0.0451. The van der Waals surface area contributed by atoms with Gasteiger partial charge < -0.3 is 26.8 Å². The van der Waals surface area contributed by atoms with Crippen molar-refractivity contribution in [2.24, 2.45) is 11.5 Å². The van der Waals surface area contributed by atoms with E-state index in [4.69, 9.17) is 16.2 Å². The number of methoxy groups -OCH3 is 1. The molecule has 2 atom stereocenters. The third-order valence-corrected chi connectivity index (χ3v) is 5.27. The number of carbonyl (C=O) groups is 1. The number of pyridine rings is 2. The zero-order valence-corrected chi connectivity index (χ0v) is 19.2. The topological polar surface area (TPSA) is 128 Å². The van der Waals surface area contributed by atoms with E-state index in [1.165, 1.54) is 19.4 Å². The smallest absolute Gasteiger partial charge is 0.252 e. The predicted octanol–water partition coefficient (Wildman–Crippen LogP) is 4.20. The second-order valence-electron chi connectivity index (χ2n) is 7.88. The summed E-state index contributed by atoms with van der Waals surface area (Å²) >= 11 is 0. The summed E-state index contributed by atoms with van der Waals surface area (Å²) in [5, 5.41) is 5.99. The van der Waals surface area contributed by atoms with Crippen LogP contribution in [0, 0.1) is 11.6 Å². The van der Waals surface area contributed by atoms with Gasteiger partial charge in [0.2, 0.25) is 0 Å². The summed E-state index contributed by atoms with van der Waals surface area (Å²) in [4.78, 5) is 20.5. The van der Waals surface area contributed by atoms with E-state index in [1.807, 2.05) is 13.8 Å². The second kappa shape index (κ2) is 10.9. The van der Waals surface area contributed by atoms with Crippen molar-refractivity contribution >= 4 is 23.2 Å². The maximum Gasteiger partial charge on any atom is 0.252 e. The molecular formula is C24H28F2N6O2. The van der Waals surface area contributed by atoms with Crippen LogP contribution in [0.2, 0.25) is 0 Å². The van der Waals surface area contributed by atoms with Gasteiger partial charge in [-0.1, -0.05) is 13.3 Å². The number of ether oxygens (including phenoxy) is 1. The first kappa shape index (κ1) is 24.8. The van der Waals surface area contributed by atoms with Gasteiger partial charge in [-0.2, -0.15) is 0 Å². The van der Waals surface area contributed by atoms with Gasteiger partial charge in [0.25, 0.3) is 5.91 Å². The average Bonchev–Trinajstić information content (AvgIpc) is 2.80. The van der Waals surface area contributed by atoms with E-state index in [0.29, 0.717) is 23.6 Å². The highest BCUT2D eigenvalue weighted by Gasteiger charge is 2.20. The van der Waals surface area contributed by atoms with Crippen LogP contribution in [0.5, 0.6) is 5.75 Å². The summed E-state index contributed by atoms with van der Waals surface area (Å²) in [5.74, 6) is -1.72. The molecule has 0 unspecified atom stereocenters. The lowest BCUT2D eigenvalue weighted by atomic mass is 10.1. The standard InChI is InChI=1S/C24H28F2N6O2/c1-4-5-20(13(2)27)31-24-19(26)12-17(22(28)33)23(32-24)30-14-8-9-29-21(10-14)16-7-6-15(34-3)11-18(16)25/h6-13,20H,4-5,27H2,1-3H3,(H2,28,33)(H2,29,30,31,32)/t13-,20+/m0/s1. The third-order valence-electron chi connectivity index (χ3n) is 5.27. The number of carbonyl (C=O) groups excluding carboxylic acids is 1. The van der Waals surface area contributed by atoms with E-state index in [2.05, 4.69) is 20.6 Å². The van der Waals surface area contributed by atoms with Crippen molar-refractivity contribution in [2.45, 2.75) is 38.8 Å². The molecule has 180 valence electrons. The number of rotatable bonds is 10. The molecule has 0 aliphatic carbocycles. The molecule has 3 aromatic rings. The van der Waals surface area contributed by atoms with Crippen molar-refractivity contribution in [3.63, 3.8) is 0 Å². The van der Waals surface area contributed by atoms with Crippen LogP contribution in [0.15, 0.2) is 42.6 Å². The Kier molecular flexibility index (Phi) is 7.95. The molecule has 0 fully saturated rings. The molecule has 2 heterocycles. The number of halogens is 2. The van der Waals surface area contributed by atoms with Gasteiger partial charge in [-0.05, 0) is 43.7 Å². The van der Waals surface area contributed by atoms with Crippen LogP contribution >= 0.6 is 0 Å². The summed E-state index contributed by atoms with van der Waals surface area (Å²) in [6.07, 6.45) is 3.02. The molecule has 34 heavy (non-hydrogen) atoms. The second-order valence-corrected chi connectivity index (χ2v) is 7.88. The van der Waals surface area contributed by atoms with Gasteiger partial charge in [-0.3, -0.25) is 9.78 Å². The molecule has 6 N–H and O–H groups in total. The molecule has 3 rings (SSSR count). The molecule has 8 nitrogen and oxygen atoms in total. The molecule has 0 aliphatic heterocycles. The van der Waals surface area contributed by atoms with Crippen molar-refractivity contribution in [3.8, 4) is 17.0 Å². The fourth-order valence-corrected chi connectivity index (χ4v) is 3.45. The lowest BCUT2D eigenvalue weighted by Crippen LogP contribution is -2.38. The number of benzene rings is 1. The zero-order chi connectivity index (χ0) is 24.8. The number of amides is 1. The molecule has 1 amide bonds. The molecule has 2 aromatic heterocycles. The Morgan fingerprint density at radius 1 is 1.15 bits per heavy atom. The van der Waals surface area contributed by atoms with E-state index >= 15 is 0 Å². The van der Waals surface area contributed by atoms with Crippen LogP contribution in [-0.4, -0.2) is 35.1 Å². The number of nitrogens with one attached hydrogen (secondary N) is 2. The van der Waals surface area contributed by atoms with Gasteiger partial charge in [0.15, 0.2) is 11.6 Å². The van der Waals surface area contributed by atoms with Gasteiger partial charge >= 0.3 is 0 Å². The number of nitrogens with two attached hydrogens (primary N) is 2. The number of nitrogens with zero attached hydrogens (tertiary/aromatic N) is 2. The van der Waals surface area contributed by atoms with E-state index in [-0.39, 0.29) is 34.8 Å². The monoisotopic (exact) mass is 470 g/mol. The van der Waals surface area contributed by atoms with Crippen LogP contribution in [-0.2, 0) is 0 Å². The summed E-state index contributed by atoms with van der Waals surface area (Å²) in [6.45, 7) is 3.82. The fourth-order valence-electron chi connectivity index (χ4n) is 3.45. The highest BCUT2D eigenvalue weighted by Crippen LogP contribution is 2.29. The Balaban J connectivity index is 1.97. The summed E-state index contributed by atoms with van der Waals surface area (Å²) in [5.41, 5.74) is 12.4. The quantitative estimate of drug-likeness (QED) is 0.350. The maximum absolute atomic E-state index is 14.7. The van der Waals surface area contributed by atoms with Crippen molar-refractivity contribution in [1.29, 1.82) is 0 Å². The van der Waals surface area contributed by atoms with Gasteiger partial charge in [-0.25, -0.2) is 13.8 Å². The number of hydrogen-bond donors (Lipinski definition) is 4. The van der Waals surface area contributed by atoms with Gasteiger partial charge in [-0.15, -0.1) is 0 Å². The molecule has 0 bridgehead atoms. The first-order chi connectivity index (χ1) is 16.2. The highest BCUT2D eigenvalue weighted by molar-refractivity contribution is 5.98. The molecule has 10 heteroatoms. The fraction of sp³-hybridized carbons (Fsp3) is 0.292. The summed E-state index contributed by atoms with van der Waals surface area (Å²) < 4.78 is 34.3. The third kappa shape index (κ3) is 5.76. The minimum Gasteiger partial charge on any atom is -0.497 e. The Hall–Kier alpha value is -3.79. The van der Waals surface area contributed by atoms with Crippen molar-refractivity contribution < 1.29 is 18.3 Å². The van der Waals surface area contributed by atoms with E-state index in [0.717, 1.165) is 12.5 Å². The van der Waals surface area contributed by atoms with Crippen LogP contribution in [0.4, 0.5) is 26.1 Å². The normalized spacial score (nSPS) is 12.6. The Labute approximate surface area is 196 Å². The van der Waals surface area contributed by atoms with E-state index in [9.17, 15) is 13.6 Å². The van der Waals surface area contributed by atoms with Gasteiger partial charge in [0.05, 0.1) is 18.4 Å². The Bertz CT molecular complexity index is 1170. The number of aromatic nitrogens is 2. The van der Waals surface area contributed by atoms with E-state index < -0.39 is 17.5 Å². The molecule has 0 saturated carbocycles. The van der Waals surface area contributed by atoms with Crippen molar-refractivity contribution in [2.75, 3.05) is 17.7 Å². The lowest BCUT2D eigenvalue weighted by molar-refractivity contribution is 0.100. The first-order valence-electron chi connectivity index (χ1n) is 10.8. The first-order valence-corrected chi connectivity index (χ1v) is 10.8. The van der Waals surface area contributed by atoms with Gasteiger partial charge in [0.1, 0.15) is 17.4 Å². The summed E-state index contributed by atoms with van der Waals surface area (Å²) in [7, 11) is 1.45. The van der Waals surface area contributed by atoms with E-state index in [1.54, 1.807) is 24.3 Å². The largest absolute Gasteiger partial charge is 0.497 e. The molecule has 0 saturated heterocycles. The van der Waals surface area contributed by atoms with Gasteiger partial charge in [0, 0.05) is 35.6 Å². The van der Waals surface area contributed by atoms with Crippen molar-refractivity contribution in [1.82, 2.24) is 9.97 Å². The average molecular weight is 471 g/mol. The number of anilines is 3. The maximum atomic E-state index is 14.7. The molecule has 0 aliphatic rings. The van der Waals surface area contributed by atoms with Crippen LogP contribution in [0.3, 0.4) is 0 Å². The highest BCUT2D eigenvalue weighted by atomic mass is 19.1. The predicted molar refractivity (Wildman–Crippen MR) is 128 cm³/mol. The van der Waals surface area contributed by atoms with Crippen LogP contribution < -0.4 is 26.8 Å². The molecule has 1 aromatic carbocycles. The molecule has 0 radical (unpaired) electrons. The zero-order valence-electron chi connectivity index (χ0n) is 19.2. The Morgan fingerprint density at radius 2 is 1.91 bits per heavy atom. The molecular weight excluding hydrogens is 442 g/mol.